The van der Waals surface area contributed by atoms with Crippen molar-refractivity contribution >= 4 is 22.3 Å². The van der Waals surface area contributed by atoms with Crippen LogP contribution < -0.4 is 10.6 Å². The zero-order chi connectivity index (χ0) is 13.2. The van der Waals surface area contributed by atoms with Crippen LogP contribution in [0, 0.1) is 0 Å². The molecule has 3 N–H and O–H groups in total. The van der Waals surface area contributed by atoms with Gasteiger partial charge in [0, 0.05) is 18.6 Å². The predicted octanol–water partition coefficient (Wildman–Crippen LogP) is 2.18. The summed E-state index contributed by atoms with van der Waals surface area (Å²) >= 11 is 0. The van der Waals surface area contributed by atoms with Crippen LogP contribution in [-0.2, 0) is 6.54 Å². The van der Waals surface area contributed by atoms with Crippen molar-refractivity contribution in [3.8, 4) is 0 Å². The fourth-order valence-electron chi connectivity index (χ4n) is 2.15. The van der Waals surface area contributed by atoms with Crippen LogP contribution in [0.2, 0.25) is 0 Å². The molecule has 96 valence electrons. The first-order valence-electron chi connectivity index (χ1n) is 6.07. The highest BCUT2D eigenvalue weighted by atomic mass is 15.1. The molecule has 19 heavy (non-hydrogen) atoms. The monoisotopic (exact) mass is 253 g/mol. The van der Waals surface area contributed by atoms with Gasteiger partial charge < -0.3 is 10.6 Å². The fraction of sp³-hybridized carbons (Fsp3) is 0.143. The Morgan fingerprint density at radius 1 is 1.32 bits per heavy atom. The number of aromatic nitrogens is 3. The highest BCUT2D eigenvalue weighted by Gasteiger charge is 2.09. The molecule has 0 saturated heterocycles. The molecule has 0 aliphatic heterocycles. The van der Waals surface area contributed by atoms with Crippen molar-refractivity contribution in [1.29, 1.82) is 0 Å². The lowest BCUT2D eigenvalue weighted by molar-refractivity contribution is 0.887. The van der Waals surface area contributed by atoms with E-state index in [1.807, 2.05) is 37.4 Å². The van der Waals surface area contributed by atoms with E-state index >= 15 is 0 Å². The fourth-order valence-corrected chi connectivity index (χ4v) is 2.15. The van der Waals surface area contributed by atoms with E-state index in [9.17, 15) is 0 Å². The van der Waals surface area contributed by atoms with Gasteiger partial charge in [0.25, 0.3) is 0 Å². The van der Waals surface area contributed by atoms with Crippen molar-refractivity contribution in [3.63, 3.8) is 0 Å². The molecule has 5 nitrogen and oxygen atoms in total. The van der Waals surface area contributed by atoms with Gasteiger partial charge in [0.05, 0.1) is 35.3 Å². The summed E-state index contributed by atoms with van der Waals surface area (Å²) in [6.07, 6.45) is 3.57. The van der Waals surface area contributed by atoms with Crippen molar-refractivity contribution in [2.75, 3.05) is 17.7 Å². The predicted molar refractivity (Wildman–Crippen MR) is 76.9 cm³/mol. The molecule has 0 spiro atoms. The summed E-state index contributed by atoms with van der Waals surface area (Å²) in [5.41, 5.74) is 9.81. The largest absolute Gasteiger partial charge is 0.397 e. The number of hydrogen-bond acceptors (Lipinski definition) is 4. The Hall–Kier alpha value is -2.56. The van der Waals surface area contributed by atoms with E-state index in [2.05, 4.69) is 20.1 Å². The number of nitrogen functional groups attached to an aromatic ring is 1. The summed E-state index contributed by atoms with van der Waals surface area (Å²) < 4.78 is 0. The van der Waals surface area contributed by atoms with Crippen molar-refractivity contribution in [3.05, 3.63) is 48.4 Å². The molecule has 0 atom stereocenters. The average molecular weight is 253 g/mol. The molecule has 0 radical (unpaired) electrons. The standard InChI is InChI=1S/C14H15N5/c1-19(9-11-4-2-3-5-16-11)14-7-13-10(6-12(14)15)8-17-18-13/h2-8H,9,15H2,1H3,(H,17,18). The Balaban J connectivity index is 1.92. The van der Waals surface area contributed by atoms with Gasteiger partial charge in [0.1, 0.15) is 0 Å². The third kappa shape index (κ3) is 2.22. The molecule has 3 rings (SSSR count). The molecule has 0 unspecified atom stereocenters. The molecular weight excluding hydrogens is 238 g/mol. The third-order valence-electron chi connectivity index (χ3n) is 3.12. The lowest BCUT2D eigenvalue weighted by Gasteiger charge is -2.20. The Kier molecular flexibility index (Phi) is 2.79. The number of nitrogens with one attached hydrogen (secondary N) is 1. The van der Waals surface area contributed by atoms with Crippen LogP contribution in [-0.4, -0.2) is 22.2 Å². The third-order valence-corrected chi connectivity index (χ3v) is 3.12. The van der Waals surface area contributed by atoms with E-state index in [0.717, 1.165) is 28.0 Å². The Morgan fingerprint density at radius 2 is 2.21 bits per heavy atom. The van der Waals surface area contributed by atoms with Crippen LogP contribution in [0.4, 0.5) is 11.4 Å². The van der Waals surface area contributed by atoms with Gasteiger partial charge in [0.2, 0.25) is 0 Å². The second-order valence-electron chi connectivity index (χ2n) is 4.55. The quantitative estimate of drug-likeness (QED) is 0.702. The number of benzene rings is 1. The molecule has 3 aromatic rings. The Labute approximate surface area is 111 Å². The molecule has 0 amide bonds. The molecule has 1 aromatic carbocycles. The van der Waals surface area contributed by atoms with Crippen LogP contribution in [0.25, 0.3) is 10.9 Å². The maximum absolute atomic E-state index is 6.10. The van der Waals surface area contributed by atoms with Crippen LogP contribution in [0.5, 0.6) is 0 Å². The van der Waals surface area contributed by atoms with E-state index in [1.165, 1.54) is 0 Å². The Bertz CT molecular complexity index is 689. The lowest BCUT2D eigenvalue weighted by Crippen LogP contribution is -2.18. The molecule has 0 aliphatic rings. The zero-order valence-corrected chi connectivity index (χ0v) is 10.7. The molecule has 2 heterocycles. The summed E-state index contributed by atoms with van der Waals surface area (Å²) in [5, 5.41) is 7.99. The van der Waals surface area contributed by atoms with Crippen LogP contribution >= 0.6 is 0 Å². The molecule has 0 fully saturated rings. The summed E-state index contributed by atoms with van der Waals surface area (Å²) in [5.74, 6) is 0. The number of hydrogen-bond donors (Lipinski definition) is 2. The second kappa shape index (κ2) is 4.61. The van der Waals surface area contributed by atoms with Gasteiger partial charge >= 0.3 is 0 Å². The summed E-state index contributed by atoms with van der Waals surface area (Å²) in [4.78, 5) is 6.40. The second-order valence-corrected chi connectivity index (χ2v) is 4.55. The number of pyridine rings is 1. The zero-order valence-electron chi connectivity index (χ0n) is 10.7. The molecule has 5 heteroatoms. The van der Waals surface area contributed by atoms with E-state index in [0.29, 0.717) is 6.54 Å². The van der Waals surface area contributed by atoms with Gasteiger partial charge in [-0.1, -0.05) is 6.07 Å². The number of fused-ring (bicyclic) bond motifs is 1. The normalized spacial score (nSPS) is 10.8. The average Bonchev–Trinajstić information content (AvgIpc) is 2.86. The number of nitrogens with zero attached hydrogens (tertiary/aromatic N) is 3. The first-order chi connectivity index (χ1) is 9.24. The lowest BCUT2D eigenvalue weighted by atomic mass is 10.2. The molecule has 0 bridgehead atoms. The van der Waals surface area contributed by atoms with Crippen molar-refractivity contribution < 1.29 is 0 Å². The van der Waals surface area contributed by atoms with Crippen molar-refractivity contribution in [2.45, 2.75) is 6.54 Å². The van der Waals surface area contributed by atoms with Gasteiger partial charge in [-0.2, -0.15) is 5.10 Å². The first kappa shape index (κ1) is 11.5. The topological polar surface area (TPSA) is 70.8 Å². The number of nitrogens with two attached hydrogens (primary N) is 1. The Morgan fingerprint density at radius 3 is 3.00 bits per heavy atom. The number of rotatable bonds is 3. The van der Waals surface area contributed by atoms with E-state index in [4.69, 9.17) is 5.73 Å². The van der Waals surface area contributed by atoms with E-state index in [1.54, 1.807) is 12.4 Å². The molecular formula is C14H15N5. The van der Waals surface area contributed by atoms with Gasteiger partial charge in [0.15, 0.2) is 0 Å². The summed E-state index contributed by atoms with van der Waals surface area (Å²) in [6, 6.07) is 9.84. The van der Waals surface area contributed by atoms with Crippen LogP contribution in [0.15, 0.2) is 42.7 Å². The highest BCUT2D eigenvalue weighted by Crippen LogP contribution is 2.28. The van der Waals surface area contributed by atoms with E-state index < -0.39 is 0 Å². The van der Waals surface area contributed by atoms with Crippen molar-refractivity contribution in [1.82, 2.24) is 15.2 Å². The van der Waals surface area contributed by atoms with Crippen LogP contribution in [0.3, 0.4) is 0 Å². The SMILES string of the molecule is CN(Cc1ccccn1)c1cc2[nH]ncc2cc1N. The molecule has 0 saturated carbocycles. The van der Waals surface area contributed by atoms with Gasteiger partial charge in [-0.05, 0) is 24.3 Å². The number of aromatic amines is 1. The first-order valence-corrected chi connectivity index (χ1v) is 6.07. The minimum Gasteiger partial charge on any atom is -0.397 e. The minimum absolute atomic E-state index is 0.713. The van der Waals surface area contributed by atoms with E-state index in [-0.39, 0.29) is 0 Å². The maximum Gasteiger partial charge on any atom is 0.0672 e. The molecule has 2 aromatic heterocycles. The van der Waals surface area contributed by atoms with Gasteiger partial charge in [-0.3, -0.25) is 10.1 Å². The number of H-pyrrole nitrogens is 1. The van der Waals surface area contributed by atoms with Crippen molar-refractivity contribution in [2.24, 2.45) is 0 Å². The maximum atomic E-state index is 6.10. The summed E-state index contributed by atoms with van der Waals surface area (Å²) in [6.45, 7) is 0.713. The smallest absolute Gasteiger partial charge is 0.0672 e. The number of anilines is 2. The minimum atomic E-state index is 0.713. The van der Waals surface area contributed by atoms with Gasteiger partial charge in [-0.25, -0.2) is 0 Å². The molecule has 0 aliphatic carbocycles. The van der Waals surface area contributed by atoms with Crippen LogP contribution in [0.1, 0.15) is 5.69 Å². The summed E-state index contributed by atoms with van der Waals surface area (Å²) in [7, 11) is 2.00. The van der Waals surface area contributed by atoms with Gasteiger partial charge in [-0.15, -0.1) is 0 Å². The highest BCUT2D eigenvalue weighted by molar-refractivity contribution is 5.88.